The van der Waals surface area contributed by atoms with Crippen LogP contribution in [0, 0.1) is 5.92 Å². The molecule has 0 aliphatic carbocycles. The fraction of sp³-hybridized carbons (Fsp3) is 0.889. The van der Waals surface area contributed by atoms with Crippen LogP contribution in [0.2, 0.25) is 0 Å². The van der Waals surface area contributed by atoms with Gasteiger partial charge in [-0.25, -0.2) is 13.5 Å². The van der Waals surface area contributed by atoms with Gasteiger partial charge in [0.1, 0.15) is 6.54 Å². The van der Waals surface area contributed by atoms with Crippen molar-refractivity contribution in [3.05, 3.63) is 5.82 Å². The van der Waals surface area contributed by atoms with Crippen LogP contribution in [0.1, 0.15) is 19.7 Å². The van der Waals surface area contributed by atoms with E-state index in [-0.39, 0.29) is 12.4 Å². The molecule has 0 unspecified atom stereocenters. The molecule has 0 aromatic carbocycles. The average Bonchev–Trinajstić information content (AvgIpc) is 2.64. The lowest BCUT2D eigenvalue weighted by atomic mass is 10.2. The van der Waals surface area contributed by atoms with Crippen LogP contribution >= 0.6 is 0 Å². The van der Waals surface area contributed by atoms with Crippen molar-refractivity contribution < 1.29 is 17.6 Å². The predicted octanol–water partition coefficient (Wildman–Crippen LogP) is 1.32. The smallest absolute Gasteiger partial charge is 0.310 e. The van der Waals surface area contributed by atoms with Crippen LogP contribution < -0.4 is 5.32 Å². The van der Waals surface area contributed by atoms with E-state index in [1.54, 1.807) is 0 Å². The zero-order valence-electron chi connectivity index (χ0n) is 10.1. The maximum atomic E-state index is 12.9. The molecule has 18 heavy (non-hydrogen) atoms. The van der Waals surface area contributed by atoms with Crippen LogP contribution in [0.3, 0.4) is 0 Å². The minimum absolute atomic E-state index is 0.107. The van der Waals surface area contributed by atoms with Gasteiger partial charge in [-0.2, -0.15) is 8.78 Å². The van der Waals surface area contributed by atoms with Crippen LogP contribution in [0.5, 0.6) is 0 Å². The highest BCUT2D eigenvalue weighted by atomic mass is 19.3. The highest BCUT2D eigenvalue weighted by Crippen LogP contribution is 2.24. The van der Waals surface area contributed by atoms with Crippen molar-refractivity contribution in [1.29, 1.82) is 0 Å². The molecule has 0 bridgehead atoms. The summed E-state index contributed by atoms with van der Waals surface area (Å²) in [5, 5.41) is 13.0. The van der Waals surface area contributed by atoms with Gasteiger partial charge in [0.15, 0.2) is 5.82 Å². The lowest BCUT2D eigenvalue weighted by Gasteiger charge is -2.15. The van der Waals surface area contributed by atoms with Gasteiger partial charge in [0.25, 0.3) is 0 Å². The van der Waals surface area contributed by atoms with E-state index < -0.39 is 18.9 Å². The Morgan fingerprint density at radius 2 is 2.00 bits per heavy atom. The standard InChI is InChI=1S/C9H15F4N5/c1-6(2)3-14-4-7-15-16-17-18(7)5-9(12,13)8(10)11/h6,8,14H,3-5H2,1-2H3. The molecule has 0 spiro atoms. The summed E-state index contributed by atoms with van der Waals surface area (Å²) < 4.78 is 50.5. The minimum Gasteiger partial charge on any atom is -0.310 e. The molecule has 104 valence electrons. The summed E-state index contributed by atoms with van der Waals surface area (Å²) in [6.45, 7) is 3.53. The molecule has 0 amide bonds. The Bertz CT molecular complexity index is 366. The van der Waals surface area contributed by atoms with E-state index >= 15 is 0 Å². The van der Waals surface area contributed by atoms with E-state index in [9.17, 15) is 17.6 Å². The van der Waals surface area contributed by atoms with Gasteiger partial charge >= 0.3 is 12.3 Å². The van der Waals surface area contributed by atoms with E-state index in [1.807, 2.05) is 13.8 Å². The van der Waals surface area contributed by atoms with Crippen molar-refractivity contribution in [2.75, 3.05) is 6.54 Å². The second kappa shape index (κ2) is 6.07. The Labute approximate surface area is 102 Å². The minimum atomic E-state index is -4.14. The van der Waals surface area contributed by atoms with Crippen LogP contribution in [-0.2, 0) is 13.1 Å². The zero-order valence-corrected chi connectivity index (χ0v) is 10.1. The van der Waals surface area contributed by atoms with Gasteiger partial charge < -0.3 is 5.32 Å². The van der Waals surface area contributed by atoms with Gasteiger partial charge in [0, 0.05) is 0 Å². The SMILES string of the molecule is CC(C)CNCc1nnnn1CC(F)(F)C(F)F. The quantitative estimate of drug-likeness (QED) is 0.758. The highest BCUT2D eigenvalue weighted by Gasteiger charge is 2.42. The largest absolute Gasteiger partial charge is 0.326 e. The van der Waals surface area contributed by atoms with Crippen molar-refractivity contribution in [2.45, 2.75) is 39.3 Å². The van der Waals surface area contributed by atoms with Gasteiger partial charge in [-0.3, -0.25) is 0 Å². The van der Waals surface area contributed by atoms with Crippen molar-refractivity contribution in [2.24, 2.45) is 5.92 Å². The Balaban J connectivity index is 2.60. The number of hydrogen-bond donors (Lipinski definition) is 1. The van der Waals surface area contributed by atoms with Gasteiger partial charge in [0.05, 0.1) is 6.54 Å². The first-order chi connectivity index (χ1) is 8.33. The first kappa shape index (κ1) is 14.8. The number of nitrogens with zero attached hydrogens (tertiary/aromatic N) is 4. The van der Waals surface area contributed by atoms with Crippen LogP contribution in [-0.4, -0.2) is 39.1 Å². The first-order valence-electron chi connectivity index (χ1n) is 5.44. The maximum Gasteiger partial charge on any atom is 0.326 e. The molecular weight excluding hydrogens is 254 g/mol. The normalized spacial score (nSPS) is 12.7. The van der Waals surface area contributed by atoms with E-state index in [2.05, 4.69) is 20.8 Å². The number of tetrazole rings is 1. The zero-order chi connectivity index (χ0) is 13.8. The fourth-order valence-electron chi connectivity index (χ4n) is 1.21. The molecule has 1 N–H and O–H groups in total. The molecule has 9 heteroatoms. The molecule has 1 heterocycles. The Morgan fingerprint density at radius 3 is 2.56 bits per heavy atom. The molecule has 0 aliphatic heterocycles. The highest BCUT2D eigenvalue weighted by molar-refractivity contribution is 4.83. The van der Waals surface area contributed by atoms with Crippen LogP contribution in [0.25, 0.3) is 0 Å². The van der Waals surface area contributed by atoms with E-state index in [1.165, 1.54) is 0 Å². The summed E-state index contributed by atoms with van der Waals surface area (Å²) in [6, 6.07) is 0. The second-order valence-corrected chi connectivity index (χ2v) is 4.34. The molecule has 0 saturated carbocycles. The Hall–Kier alpha value is -1.25. The molecule has 5 nitrogen and oxygen atoms in total. The van der Waals surface area contributed by atoms with Crippen molar-refractivity contribution in [3.8, 4) is 0 Å². The third-order valence-corrected chi connectivity index (χ3v) is 2.12. The van der Waals surface area contributed by atoms with E-state index in [0.29, 0.717) is 17.1 Å². The van der Waals surface area contributed by atoms with Crippen molar-refractivity contribution in [3.63, 3.8) is 0 Å². The molecular formula is C9H15F4N5. The van der Waals surface area contributed by atoms with Crippen molar-refractivity contribution >= 4 is 0 Å². The van der Waals surface area contributed by atoms with E-state index in [4.69, 9.17) is 0 Å². The fourth-order valence-corrected chi connectivity index (χ4v) is 1.21. The summed E-state index contributed by atoms with van der Waals surface area (Å²) in [6.07, 6.45) is -3.74. The molecule has 1 aromatic heterocycles. The third kappa shape index (κ3) is 4.21. The first-order valence-corrected chi connectivity index (χ1v) is 5.44. The molecule has 0 atom stereocenters. The number of rotatable bonds is 7. The molecule has 0 aliphatic rings. The van der Waals surface area contributed by atoms with Gasteiger partial charge in [-0.15, -0.1) is 5.10 Å². The number of nitrogens with one attached hydrogen (secondary N) is 1. The van der Waals surface area contributed by atoms with Gasteiger partial charge in [0.2, 0.25) is 0 Å². The lowest BCUT2D eigenvalue weighted by molar-refractivity contribution is -0.140. The molecule has 1 rings (SSSR count). The van der Waals surface area contributed by atoms with Crippen molar-refractivity contribution in [1.82, 2.24) is 25.5 Å². The topological polar surface area (TPSA) is 55.6 Å². The van der Waals surface area contributed by atoms with Gasteiger partial charge in [-0.05, 0) is 22.9 Å². The number of halogens is 4. The third-order valence-electron chi connectivity index (χ3n) is 2.12. The predicted molar refractivity (Wildman–Crippen MR) is 55.3 cm³/mol. The van der Waals surface area contributed by atoms with Crippen LogP contribution in [0.4, 0.5) is 17.6 Å². The molecule has 0 radical (unpaired) electrons. The monoisotopic (exact) mass is 269 g/mol. The maximum absolute atomic E-state index is 12.9. The molecule has 1 aromatic rings. The summed E-state index contributed by atoms with van der Waals surface area (Å²) in [5.41, 5.74) is 0. The number of alkyl halides is 4. The summed E-state index contributed by atoms with van der Waals surface area (Å²) >= 11 is 0. The second-order valence-electron chi connectivity index (χ2n) is 4.34. The molecule has 0 fully saturated rings. The summed E-state index contributed by atoms with van der Waals surface area (Å²) in [5.74, 6) is -3.66. The average molecular weight is 269 g/mol. The Morgan fingerprint density at radius 1 is 1.33 bits per heavy atom. The summed E-state index contributed by atoms with van der Waals surface area (Å²) in [7, 11) is 0. The molecule has 0 saturated heterocycles. The Kier molecular flexibility index (Phi) is 5.00. The van der Waals surface area contributed by atoms with Crippen LogP contribution in [0.15, 0.2) is 0 Å². The number of aromatic nitrogens is 4. The van der Waals surface area contributed by atoms with E-state index in [0.717, 1.165) is 0 Å². The van der Waals surface area contributed by atoms with Gasteiger partial charge in [-0.1, -0.05) is 13.8 Å². The summed E-state index contributed by atoms with van der Waals surface area (Å²) in [4.78, 5) is 0. The number of hydrogen-bond acceptors (Lipinski definition) is 4. The lowest BCUT2D eigenvalue weighted by Crippen LogP contribution is -2.34.